The Morgan fingerprint density at radius 3 is 2.29 bits per heavy atom. The molecule has 2 aromatic carbocycles. The van der Waals surface area contributed by atoms with Gasteiger partial charge in [-0.05, 0) is 54.4 Å². The molecule has 1 heterocycles. The number of aromatic nitrogens is 1. The van der Waals surface area contributed by atoms with Crippen LogP contribution in [-0.2, 0) is 11.3 Å². The SMILES string of the molecule is CC(=O)Nc1ccc(Nc2ccc(C(=O)NCc3ccccc3C)cn2)cc1. The van der Waals surface area contributed by atoms with Crippen LogP contribution in [0.15, 0.2) is 66.9 Å². The number of nitrogens with zero attached hydrogens (tertiary/aromatic N) is 1. The predicted molar refractivity (Wildman–Crippen MR) is 111 cm³/mol. The van der Waals surface area contributed by atoms with Crippen molar-refractivity contribution in [2.75, 3.05) is 10.6 Å². The van der Waals surface area contributed by atoms with Gasteiger partial charge in [0.25, 0.3) is 5.91 Å². The highest BCUT2D eigenvalue weighted by molar-refractivity contribution is 5.94. The Morgan fingerprint density at radius 1 is 0.929 bits per heavy atom. The van der Waals surface area contributed by atoms with Crippen LogP contribution < -0.4 is 16.0 Å². The number of anilines is 3. The van der Waals surface area contributed by atoms with Gasteiger partial charge in [-0.25, -0.2) is 4.98 Å². The minimum atomic E-state index is -0.165. The van der Waals surface area contributed by atoms with Crippen molar-refractivity contribution in [2.45, 2.75) is 20.4 Å². The molecule has 0 unspecified atom stereocenters. The number of aryl methyl sites for hydroxylation is 1. The maximum absolute atomic E-state index is 12.3. The quantitative estimate of drug-likeness (QED) is 0.608. The molecule has 0 saturated carbocycles. The lowest BCUT2D eigenvalue weighted by Crippen LogP contribution is -2.23. The minimum Gasteiger partial charge on any atom is -0.348 e. The van der Waals surface area contributed by atoms with E-state index in [0.717, 1.165) is 22.5 Å². The fourth-order valence-electron chi connectivity index (χ4n) is 2.68. The monoisotopic (exact) mass is 374 g/mol. The van der Waals surface area contributed by atoms with Gasteiger partial charge >= 0.3 is 0 Å². The summed E-state index contributed by atoms with van der Waals surface area (Å²) in [6.07, 6.45) is 1.54. The molecule has 6 nitrogen and oxygen atoms in total. The Kier molecular flexibility index (Phi) is 6.01. The van der Waals surface area contributed by atoms with Crippen LogP contribution in [0.2, 0.25) is 0 Å². The van der Waals surface area contributed by atoms with Gasteiger partial charge in [-0.3, -0.25) is 9.59 Å². The number of pyridine rings is 1. The van der Waals surface area contributed by atoms with Crippen LogP contribution in [0, 0.1) is 6.92 Å². The van der Waals surface area contributed by atoms with Crippen LogP contribution in [0.5, 0.6) is 0 Å². The van der Waals surface area contributed by atoms with Gasteiger partial charge in [0.05, 0.1) is 5.56 Å². The van der Waals surface area contributed by atoms with E-state index in [4.69, 9.17) is 0 Å². The van der Waals surface area contributed by atoms with Crippen molar-refractivity contribution in [2.24, 2.45) is 0 Å². The molecular weight excluding hydrogens is 352 g/mol. The van der Waals surface area contributed by atoms with Gasteiger partial charge in [-0.15, -0.1) is 0 Å². The van der Waals surface area contributed by atoms with Crippen molar-refractivity contribution in [3.05, 3.63) is 83.6 Å². The molecule has 0 bridgehead atoms. The third kappa shape index (κ3) is 5.17. The lowest BCUT2D eigenvalue weighted by atomic mass is 10.1. The number of amides is 2. The van der Waals surface area contributed by atoms with Crippen molar-refractivity contribution in [1.82, 2.24) is 10.3 Å². The summed E-state index contributed by atoms with van der Waals surface area (Å²) in [7, 11) is 0. The number of nitrogens with one attached hydrogen (secondary N) is 3. The van der Waals surface area contributed by atoms with E-state index in [1.165, 1.54) is 6.92 Å². The van der Waals surface area contributed by atoms with Crippen molar-refractivity contribution >= 4 is 29.0 Å². The smallest absolute Gasteiger partial charge is 0.253 e. The maximum Gasteiger partial charge on any atom is 0.253 e. The van der Waals surface area contributed by atoms with Gasteiger partial charge in [0.1, 0.15) is 5.82 Å². The molecule has 3 N–H and O–H groups in total. The van der Waals surface area contributed by atoms with Crippen LogP contribution in [0.3, 0.4) is 0 Å². The van der Waals surface area contributed by atoms with Gasteiger partial charge in [0.15, 0.2) is 0 Å². The summed E-state index contributed by atoms with van der Waals surface area (Å²) in [4.78, 5) is 27.7. The van der Waals surface area contributed by atoms with Crippen molar-refractivity contribution in [1.29, 1.82) is 0 Å². The first-order valence-corrected chi connectivity index (χ1v) is 8.95. The van der Waals surface area contributed by atoms with Crippen LogP contribution in [0.25, 0.3) is 0 Å². The van der Waals surface area contributed by atoms with E-state index in [0.29, 0.717) is 17.9 Å². The first-order chi connectivity index (χ1) is 13.5. The van der Waals surface area contributed by atoms with Crippen LogP contribution in [-0.4, -0.2) is 16.8 Å². The van der Waals surface area contributed by atoms with Crippen molar-refractivity contribution in [3.63, 3.8) is 0 Å². The van der Waals surface area contributed by atoms with Gasteiger partial charge in [-0.1, -0.05) is 24.3 Å². The highest BCUT2D eigenvalue weighted by Gasteiger charge is 2.07. The molecule has 0 spiro atoms. The number of benzene rings is 2. The first-order valence-electron chi connectivity index (χ1n) is 8.95. The fraction of sp³-hybridized carbons (Fsp3) is 0.136. The first kappa shape index (κ1) is 19.1. The zero-order valence-corrected chi connectivity index (χ0v) is 15.8. The van der Waals surface area contributed by atoms with Gasteiger partial charge < -0.3 is 16.0 Å². The maximum atomic E-state index is 12.3. The van der Waals surface area contributed by atoms with E-state index in [1.54, 1.807) is 30.5 Å². The number of carbonyl (C=O) groups is 2. The zero-order valence-electron chi connectivity index (χ0n) is 15.8. The summed E-state index contributed by atoms with van der Waals surface area (Å²) in [5.74, 6) is 0.350. The normalized spacial score (nSPS) is 10.2. The average Bonchev–Trinajstić information content (AvgIpc) is 2.69. The molecule has 1 aromatic heterocycles. The van der Waals surface area contributed by atoms with E-state index in [2.05, 4.69) is 20.9 Å². The average molecular weight is 374 g/mol. The Labute approximate surface area is 164 Å². The number of hydrogen-bond acceptors (Lipinski definition) is 4. The fourth-order valence-corrected chi connectivity index (χ4v) is 2.68. The largest absolute Gasteiger partial charge is 0.348 e. The highest BCUT2D eigenvalue weighted by Crippen LogP contribution is 2.18. The third-order valence-electron chi connectivity index (χ3n) is 4.20. The van der Waals surface area contributed by atoms with E-state index in [1.807, 2.05) is 43.3 Å². The summed E-state index contributed by atoms with van der Waals surface area (Å²) < 4.78 is 0. The van der Waals surface area contributed by atoms with Gasteiger partial charge in [0, 0.05) is 31.0 Å². The van der Waals surface area contributed by atoms with E-state index in [9.17, 15) is 9.59 Å². The van der Waals surface area contributed by atoms with Crippen molar-refractivity contribution < 1.29 is 9.59 Å². The number of carbonyl (C=O) groups excluding carboxylic acids is 2. The standard InChI is InChI=1S/C22H22N4O2/c1-15-5-3-4-6-17(15)13-24-22(28)18-7-12-21(23-14-18)26-20-10-8-19(9-11-20)25-16(2)27/h3-12,14H,13H2,1-2H3,(H,23,26)(H,24,28)(H,25,27). The highest BCUT2D eigenvalue weighted by atomic mass is 16.2. The molecule has 2 amide bonds. The predicted octanol–water partition coefficient (Wildman–Crippen LogP) is 4.02. The molecular formula is C22H22N4O2. The molecule has 6 heteroatoms. The molecule has 0 saturated heterocycles. The molecule has 0 radical (unpaired) electrons. The molecule has 0 aliphatic carbocycles. The number of hydrogen-bond donors (Lipinski definition) is 3. The topological polar surface area (TPSA) is 83.1 Å². The molecule has 0 fully saturated rings. The molecule has 0 aliphatic heterocycles. The van der Waals surface area contributed by atoms with E-state index < -0.39 is 0 Å². The summed E-state index contributed by atoms with van der Waals surface area (Å²) in [5.41, 5.74) is 4.29. The second kappa shape index (κ2) is 8.81. The summed E-state index contributed by atoms with van der Waals surface area (Å²) in [6.45, 7) is 3.97. The van der Waals surface area contributed by atoms with Crippen LogP contribution >= 0.6 is 0 Å². The Hall–Kier alpha value is -3.67. The molecule has 0 atom stereocenters. The molecule has 28 heavy (non-hydrogen) atoms. The molecule has 3 rings (SSSR count). The van der Waals surface area contributed by atoms with E-state index in [-0.39, 0.29) is 11.8 Å². The van der Waals surface area contributed by atoms with Gasteiger partial charge in [-0.2, -0.15) is 0 Å². The Bertz CT molecular complexity index is 967. The lowest BCUT2D eigenvalue weighted by molar-refractivity contribution is -0.114. The zero-order chi connectivity index (χ0) is 19.9. The molecule has 0 aliphatic rings. The Morgan fingerprint density at radius 2 is 1.64 bits per heavy atom. The van der Waals surface area contributed by atoms with E-state index >= 15 is 0 Å². The van der Waals surface area contributed by atoms with Gasteiger partial charge in [0.2, 0.25) is 5.91 Å². The second-order valence-electron chi connectivity index (χ2n) is 6.42. The summed E-state index contributed by atoms with van der Waals surface area (Å²) >= 11 is 0. The minimum absolute atomic E-state index is 0.112. The molecule has 142 valence electrons. The number of rotatable bonds is 6. The second-order valence-corrected chi connectivity index (χ2v) is 6.42. The van der Waals surface area contributed by atoms with Crippen LogP contribution in [0.4, 0.5) is 17.2 Å². The molecule has 3 aromatic rings. The lowest BCUT2D eigenvalue weighted by Gasteiger charge is -2.09. The summed E-state index contributed by atoms with van der Waals surface area (Å²) in [6, 6.07) is 18.7. The Balaban J connectivity index is 1.57. The third-order valence-corrected chi connectivity index (χ3v) is 4.20. The summed E-state index contributed by atoms with van der Waals surface area (Å²) in [5, 5.41) is 8.79. The van der Waals surface area contributed by atoms with Crippen molar-refractivity contribution in [3.8, 4) is 0 Å². The van der Waals surface area contributed by atoms with Crippen LogP contribution in [0.1, 0.15) is 28.4 Å².